The lowest BCUT2D eigenvalue weighted by Crippen LogP contribution is -2.34. The van der Waals surface area contributed by atoms with Crippen LogP contribution in [0.25, 0.3) is 0 Å². The molecule has 1 amide bonds. The normalized spacial score (nSPS) is 10.2. The predicted octanol–water partition coefficient (Wildman–Crippen LogP) is 1.26. The highest BCUT2D eigenvalue weighted by atomic mass is 16.5. The minimum absolute atomic E-state index is 0.0136. The molecule has 1 aromatic carbocycles. The molecule has 0 bridgehead atoms. The van der Waals surface area contributed by atoms with Crippen LogP contribution in [0, 0.1) is 6.92 Å². The van der Waals surface area contributed by atoms with Gasteiger partial charge in [0, 0.05) is 11.7 Å². The van der Waals surface area contributed by atoms with Gasteiger partial charge < -0.3 is 15.8 Å². The van der Waals surface area contributed by atoms with Gasteiger partial charge in [-0.05, 0) is 32.4 Å². The molecular formula is C13H18N2O3. The zero-order valence-corrected chi connectivity index (χ0v) is 10.8. The average Bonchev–Trinajstić information content (AvgIpc) is 2.25. The number of nitrogens with two attached hydrogens (primary N) is 1. The van der Waals surface area contributed by atoms with Gasteiger partial charge in [0.25, 0.3) is 5.91 Å². The zero-order chi connectivity index (χ0) is 13.7. The number of ether oxygens (including phenoxy) is 1. The maximum Gasteiger partial charge on any atom is 0.341 e. The number of carbonyl (C=O) groups excluding carboxylic acids is 2. The lowest BCUT2D eigenvalue weighted by Gasteiger charge is -2.11. The van der Waals surface area contributed by atoms with Gasteiger partial charge in [-0.15, -0.1) is 0 Å². The molecule has 0 radical (unpaired) electrons. The molecule has 1 rings (SSSR count). The molecule has 0 aliphatic carbocycles. The second-order valence-corrected chi connectivity index (χ2v) is 4.34. The van der Waals surface area contributed by atoms with Gasteiger partial charge >= 0.3 is 5.97 Å². The van der Waals surface area contributed by atoms with Crippen molar-refractivity contribution in [3.05, 3.63) is 29.3 Å². The molecule has 98 valence electrons. The minimum atomic E-state index is -0.579. The third kappa shape index (κ3) is 3.76. The Hall–Kier alpha value is -2.04. The first-order valence-electron chi connectivity index (χ1n) is 5.73. The first kappa shape index (κ1) is 14.0. The van der Waals surface area contributed by atoms with E-state index in [1.54, 1.807) is 25.1 Å². The third-order valence-electron chi connectivity index (χ3n) is 2.29. The summed E-state index contributed by atoms with van der Waals surface area (Å²) in [5, 5.41) is 2.63. The number of esters is 1. The molecule has 0 heterocycles. The highest BCUT2D eigenvalue weighted by Crippen LogP contribution is 2.17. The van der Waals surface area contributed by atoms with Crippen LogP contribution in [0.5, 0.6) is 0 Å². The Labute approximate surface area is 106 Å². The number of rotatable bonds is 4. The Morgan fingerprint density at radius 2 is 2.06 bits per heavy atom. The van der Waals surface area contributed by atoms with Crippen LogP contribution in [0.2, 0.25) is 0 Å². The summed E-state index contributed by atoms with van der Waals surface area (Å²) in [7, 11) is 0. The van der Waals surface area contributed by atoms with Gasteiger partial charge in [-0.1, -0.05) is 12.1 Å². The average molecular weight is 250 g/mol. The van der Waals surface area contributed by atoms with Gasteiger partial charge in [0.15, 0.2) is 6.61 Å². The molecular weight excluding hydrogens is 232 g/mol. The lowest BCUT2D eigenvalue weighted by molar-refractivity contribution is -0.124. The molecule has 0 aliphatic rings. The van der Waals surface area contributed by atoms with Crippen LogP contribution < -0.4 is 11.1 Å². The third-order valence-corrected chi connectivity index (χ3v) is 2.29. The molecule has 0 atom stereocenters. The molecule has 0 spiro atoms. The fourth-order valence-electron chi connectivity index (χ4n) is 1.54. The summed E-state index contributed by atoms with van der Waals surface area (Å²) in [6.07, 6.45) is 0. The Kier molecular flexibility index (Phi) is 4.71. The summed E-state index contributed by atoms with van der Waals surface area (Å²) in [6.45, 7) is 5.13. The van der Waals surface area contributed by atoms with Crippen molar-refractivity contribution in [1.82, 2.24) is 5.32 Å². The summed E-state index contributed by atoms with van der Waals surface area (Å²) in [4.78, 5) is 23.1. The molecule has 5 heteroatoms. The number of benzene rings is 1. The van der Waals surface area contributed by atoms with Crippen molar-refractivity contribution in [2.24, 2.45) is 0 Å². The van der Waals surface area contributed by atoms with Crippen LogP contribution in [-0.4, -0.2) is 24.5 Å². The highest BCUT2D eigenvalue weighted by molar-refractivity contribution is 5.97. The quantitative estimate of drug-likeness (QED) is 0.622. The van der Waals surface area contributed by atoms with Gasteiger partial charge in [-0.3, -0.25) is 4.79 Å². The van der Waals surface area contributed by atoms with E-state index in [1.807, 2.05) is 13.8 Å². The summed E-state index contributed by atoms with van der Waals surface area (Å²) in [5.41, 5.74) is 7.10. The summed E-state index contributed by atoms with van der Waals surface area (Å²) in [5.74, 6) is -0.907. The van der Waals surface area contributed by atoms with E-state index >= 15 is 0 Å². The number of aryl methyl sites for hydroxylation is 1. The second kappa shape index (κ2) is 6.05. The van der Waals surface area contributed by atoms with Crippen molar-refractivity contribution in [3.63, 3.8) is 0 Å². The Morgan fingerprint density at radius 1 is 1.39 bits per heavy atom. The molecule has 3 N–H and O–H groups in total. The maximum absolute atomic E-state index is 11.8. The number of carbonyl (C=O) groups is 2. The molecule has 5 nitrogen and oxygen atoms in total. The fourth-order valence-corrected chi connectivity index (χ4v) is 1.54. The van der Waals surface area contributed by atoms with Gasteiger partial charge in [-0.25, -0.2) is 4.79 Å². The van der Waals surface area contributed by atoms with E-state index < -0.39 is 5.97 Å². The second-order valence-electron chi connectivity index (χ2n) is 4.34. The number of hydrogen-bond acceptors (Lipinski definition) is 4. The summed E-state index contributed by atoms with van der Waals surface area (Å²) >= 11 is 0. The standard InChI is InChI=1S/C13H18N2O3/c1-8(2)15-11(16)7-18-13(17)12-9(3)5-4-6-10(12)14/h4-6,8H,7,14H2,1-3H3,(H,15,16). The molecule has 0 fully saturated rings. The molecule has 0 unspecified atom stereocenters. The van der Waals surface area contributed by atoms with Crippen LogP contribution in [0.15, 0.2) is 18.2 Å². The number of amides is 1. The van der Waals surface area contributed by atoms with Crippen LogP contribution in [0.4, 0.5) is 5.69 Å². The molecule has 0 saturated carbocycles. The smallest absolute Gasteiger partial charge is 0.341 e. The molecule has 1 aromatic rings. The van der Waals surface area contributed by atoms with Crippen molar-refractivity contribution in [2.75, 3.05) is 12.3 Å². The van der Waals surface area contributed by atoms with Crippen molar-refractivity contribution >= 4 is 17.6 Å². The van der Waals surface area contributed by atoms with Gasteiger partial charge in [0.2, 0.25) is 0 Å². The number of nitrogens with one attached hydrogen (secondary N) is 1. The van der Waals surface area contributed by atoms with Crippen molar-refractivity contribution in [1.29, 1.82) is 0 Å². The van der Waals surface area contributed by atoms with E-state index in [0.717, 1.165) is 5.56 Å². The molecule has 0 aromatic heterocycles. The monoisotopic (exact) mass is 250 g/mol. The van der Waals surface area contributed by atoms with Gasteiger partial charge in [0.05, 0.1) is 5.56 Å². The van der Waals surface area contributed by atoms with E-state index in [2.05, 4.69) is 5.32 Å². The summed E-state index contributed by atoms with van der Waals surface area (Å²) < 4.78 is 4.92. The summed E-state index contributed by atoms with van der Waals surface area (Å²) in [6, 6.07) is 5.16. The molecule has 18 heavy (non-hydrogen) atoms. The number of anilines is 1. The van der Waals surface area contributed by atoms with Crippen LogP contribution in [0.3, 0.4) is 0 Å². The topological polar surface area (TPSA) is 81.4 Å². The van der Waals surface area contributed by atoms with Crippen LogP contribution in [0.1, 0.15) is 29.8 Å². The van der Waals surface area contributed by atoms with Crippen LogP contribution in [-0.2, 0) is 9.53 Å². The first-order chi connectivity index (χ1) is 8.41. The van der Waals surface area contributed by atoms with E-state index in [1.165, 1.54) is 0 Å². The Morgan fingerprint density at radius 3 is 2.61 bits per heavy atom. The highest BCUT2D eigenvalue weighted by Gasteiger charge is 2.15. The number of nitrogen functional groups attached to an aromatic ring is 1. The molecule has 0 aliphatic heterocycles. The largest absolute Gasteiger partial charge is 0.452 e. The fraction of sp³-hybridized carbons (Fsp3) is 0.385. The Balaban J connectivity index is 2.64. The molecule has 0 saturated heterocycles. The lowest BCUT2D eigenvalue weighted by atomic mass is 10.1. The van der Waals surface area contributed by atoms with Crippen molar-refractivity contribution in [3.8, 4) is 0 Å². The predicted molar refractivity (Wildman–Crippen MR) is 69.2 cm³/mol. The van der Waals surface area contributed by atoms with E-state index in [9.17, 15) is 9.59 Å². The minimum Gasteiger partial charge on any atom is -0.452 e. The Bertz CT molecular complexity index is 435. The maximum atomic E-state index is 11.8. The number of hydrogen-bond donors (Lipinski definition) is 2. The van der Waals surface area contributed by atoms with Gasteiger partial charge in [0.1, 0.15) is 0 Å². The van der Waals surface area contributed by atoms with Gasteiger partial charge in [-0.2, -0.15) is 0 Å². The zero-order valence-electron chi connectivity index (χ0n) is 10.8. The first-order valence-corrected chi connectivity index (χ1v) is 5.73. The van der Waals surface area contributed by atoms with Crippen molar-refractivity contribution in [2.45, 2.75) is 26.8 Å². The van der Waals surface area contributed by atoms with Crippen molar-refractivity contribution < 1.29 is 14.3 Å². The van der Waals surface area contributed by atoms with Crippen LogP contribution >= 0.6 is 0 Å². The SMILES string of the molecule is Cc1cccc(N)c1C(=O)OCC(=O)NC(C)C. The van der Waals surface area contributed by atoms with E-state index in [4.69, 9.17) is 10.5 Å². The van der Waals surface area contributed by atoms with E-state index in [-0.39, 0.29) is 18.6 Å². The van der Waals surface area contributed by atoms with E-state index in [0.29, 0.717) is 11.3 Å².